The van der Waals surface area contributed by atoms with E-state index in [1.807, 2.05) is 0 Å². The third kappa shape index (κ3) is 3.68. The Morgan fingerprint density at radius 1 is 1.40 bits per heavy atom. The zero-order chi connectivity index (χ0) is 14.7. The van der Waals surface area contributed by atoms with Crippen LogP contribution in [0.1, 0.15) is 60.3 Å². The largest absolute Gasteiger partial charge is 0.375 e. The van der Waals surface area contributed by atoms with E-state index >= 15 is 0 Å². The summed E-state index contributed by atoms with van der Waals surface area (Å²) in [6.07, 6.45) is 10.3. The van der Waals surface area contributed by atoms with Gasteiger partial charge in [0.05, 0.1) is 0 Å². The summed E-state index contributed by atoms with van der Waals surface area (Å²) in [5.74, 6) is 3.72. The van der Waals surface area contributed by atoms with Gasteiger partial charge < -0.3 is 4.90 Å². The Balaban J connectivity index is 1.88. The van der Waals surface area contributed by atoms with Crippen molar-refractivity contribution in [3.05, 3.63) is 23.4 Å². The van der Waals surface area contributed by atoms with E-state index in [1.54, 1.807) is 5.57 Å². The van der Waals surface area contributed by atoms with Gasteiger partial charge in [-0.05, 0) is 70.1 Å². The summed E-state index contributed by atoms with van der Waals surface area (Å²) in [6, 6.07) is 0. The fourth-order valence-electron chi connectivity index (χ4n) is 4.07. The van der Waals surface area contributed by atoms with Gasteiger partial charge in [-0.25, -0.2) is 0 Å². The van der Waals surface area contributed by atoms with E-state index in [0.717, 1.165) is 23.7 Å². The van der Waals surface area contributed by atoms with Crippen molar-refractivity contribution in [1.29, 1.82) is 0 Å². The van der Waals surface area contributed by atoms with Gasteiger partial charge in [0.1, 0.15) is 0 Å². The zero-order valence-corrected chi connectivity index (χ0v) is 14.2. The van der Waals surface area contributed by atoms with Gasteiger partial charge in [-0.15, -0.1) is 0 Å². The Hall–Kier alpha value is -0.720. The van der Waals surface area contributed by atoms with Crippen LogP contribution in [0, 0.1) is 23.7 Å². The van der Waals surface area contributed by atoms with E-state index in [1.165, 1.54) is 44.5 Å². The van der Waals surface area contributed by atoms with Crippen LogP contribution in [0.25, 0.3) is 0 Å². The number of hydrogen-bond acceptors (Lipinski definition) is 1. The first-order valence-electron chi connectivity index (χ1n) is 8.62. The van der Waals surface area contributed by atoms with Crippen LogP contribution in [0.2, 0.25) is 0 Å². The Bertz CT molecular complexity index is 379. The molecule has 0 radical (unpaired) electrons. The summed E-state index contributed by atoms with van der Waals surface area (Å²) in [7, 11) is 0. The molecule has 0 bridgehead atoms. The maximum atomic E-state index is 2.61. The smallest absolute Gasteiger partial charge is 0.0205 e. The average Bonchev–Trinajstić information content (AvgIpc) is 3.16. The molecule has 0 aromatic carbocycles. The minimum atomic E-state index is 0.807. The summed E-state index contributed by atoms with van der Waals surface area (Å²) < 4.78 is 0. The van der Waals surface area contributed by atoms with E-state index in [-0.39, 0.29) is 0 Å². The molecular weight excluding hydrogens is 242 g/mol. The molecule has 0 aliphatic heterocycles. The standard InChI is InChI=1S/C19H33N/c1-6-10-20(16(5)7-2)13-17-12-19(17)18-9-8-14(3)11-15(18)4/h7,11,15,17-19H,6,8-10,12-13H2,1-5H3/b16-7-. The SMILES string of the molecule is C/C=C(/C)N(CCC)CC1CC1C1CCC(C)=CC1C. The predicted molar refractivity (Wildman–Crippen MR) is 88.5 cm³/mol. The van der Waals surface area contributed by atoms with Crippen molar-refractivity contribution < 1.29 is 0 Å². The van der Waals surface area contributed by atoms with Crippen molar-refractivity contribution in [2.45, 2.75) is 60.3 Å². The second kappa shape index (κ2) is 6.83. The molecule has 0 N–H and O–H groups in total. The quantitative estimate of drug-likeness (QED) is 0.598. The fourth-order valence-corrected chi connectivity index (χ4v) is 4.07. The lowest BCUT2D eigenvalue weighted by atomic mass is 9.78. The third-order valence-electron chi connectivity index (χ3n) is 5.49. The molecule has 1 nitrogen and oxygen atoms in total. The highest BCUT2D eigenvalue weighted by Crippen LogP contribution is 2.51. The first-order valence-corrected chi connectivity index (χ1v) is 8.62. The van der Waals surface area contributed by atoms with Crippen LogP contribution in [-0.4, -0.2) is 18.0 Å². The second-order valence-corrected chi connectivity index (χ2v) is 7.11. The van der Waals surface area contributed by atoms with Crippen LogP contribution in [0.15, 0.2) is 23.4 Å². The number of nitrogens with zero attached hydrogens (tertiary/aromatic N) is 1. The maximum Gasteiger partial charge on any atom is 0.0205 e. The molecule has 4 atom stereocenters. The van der Waals surface area contributed by atoms with Crippen LogP contribution < -0.4 is 0 Å². The van der Waals surface area contributed by atoms with Gasteiger partial charge in [0.25, 0.3) is 0 Å². The van der Waals surface area contributed by atoms with Crippen LogP contribution in [0.4, 0.5) is 0 Å². The minimum Gasteiger partial charge on any atom is -0.375 e. The molecule has 20 heavy (non-hydrogen) atoms. The molecule has 0 aromatic rings. The molecule has 2 rings (SSSR count). The molecule has 0 amide bonds. The summed E-state index contributed by atoms with van der Waals surface area (Å²) in [5, 5.41) is 0. The fraction of sp³-hybridized carbons (Fsp3) is 0.789. The van der Waals surface area contributed by atoms with Gasteiger partial charge in [-0.1, -0.05) is 31.6 Å². The van der Waals surface area contributed by atoms with Crippen molar-refractivity contribution in [3.63, 3.8) is 0 Å². The van der Waals surface area contributed by atoms with Crippen molar-refractivity contribution in [2.75, 3.05) is 13.1 Å². The molecule has 0 saturated heterocycles. The Morgan fingerprint density at radius 3 is 2.75 bits per heavy atom. The van der Waals surface area contributed by atoms with Gasteiger partial charge in [-0.3, -0.25) is 0 Å². The normalized spacial score (nSPS) is 33.9. The van der Waals surface area contributed by atoms with E-state index in [9.17, 15) is 0 Å². The van der Waals surface area contributed by atoms with E-state index in [0.29, 0.717) is 0 Å². The highest BCUT2D eigenvalue weighted by Gasteiger charge is 2.45. The topological polar surface area (TPSA) is 3.24 Å². The second-order valence-electron chi connectivity index (χ2n) is 7.11. The van der Waals surface area contributed by atoms with Gasteiger partial charge in [0.2, 0.25) is 0 Å². The molecule has 2 aliphatic rings. The first kappa shape index (κ1) is 15.7. The van der Waals surface area contributed by atoms with Crippen molar-refractivity contribution in [2.24, 2.45) is 23.7 Å². The Morgan fingerprint density at radius 2 is 2.15 bits per heavy atom. The number of hydrogen-bond donors (Lipinski definition) is 0. The minimum absolute atomic E-state index is 0.807. The molecule has 1 heteroatoms. The highest BCUT2D eigenvalue weighted by molar-refractivity contribution is 5.10. The third-order valence-corrected chi connectivity index (χ3v) is 5.49. The van der Waals surface area contributed by atoms with Gasteiger partial charge in [0, 0.05) is 18.8 Å². The van der Waals surface area contributed by atoms with Crippen LogP contribution in [0.5, 0.6) is 0 Å². The predicted octanol–water partition coefficient (Wildman–Crippen LogP) is 5.25. The summed E-state index contributed by atoms with van der Waals surface area (Å²) in [6.45, 7) is 14.0. The molecule has 114 valence electrons. The lowest BCUT2D eigenvalue weighted by Crippen LogP contribution is -2.27. The molecule has 2 aliphatic carbocycles. The Kier molecular flexibility index (Phi) is 5.35. The summed E-state index contributed by atoms with van der Waals surface area (Å²) in [5.41, 5.74) is 3.08. The van der Waals surface area contributed by atoms with Crippen molar-refractivity contribution in [3.8, 4) is 0 Å². The van der Waals surface area contributed by atoms with E-state index in [2.05, 4.69) is 51.7 Å². The molecule has 4 unspecified atom stereocenters. The number of allylic oxidation sites excluding steroid dienone is 4. The Labute approximate surface area is 126 Å². The van der Waals surface area contributed by atoms with Gasteiger partial charge >= 0.3 is 0 Å². The zero-order valence-electron chi connectivity index (χ0n) is 14.2. The maximum absolute atomic E-state index is 2.61. The van der Waals surface area contributed by atoms with Gasteiger partial charge in [0.15, 0.2) is 0 Å². The van der Waals surface area contributed by atoms with Gasteiger partial charge in [-0.2, -0.15) is 0 Å². The molecule has 1 saturated carbocycles. The van der Waals surface area contributed by atoms with E-state index < -0.39 is 0 Å². The lowest BCUT2D eigenvalue weighted by molar-refractivity contribution is 0.277. The number of rotatable bonds is 6. The van der Waals surface area contributed by atoms with E-state index in [4.69, 9.17) is 0 Å². The molecule has 0 spiro atoms. The van der Waals surface area contributed by atoms with Crippen molar-refractivity contribution in [1.82, 2.24) is 4.90 Å². The summed E-state index contributed by atoms with van der Waals surface area (Å²) >= 11 is 0. The van der Waals surface area contributed by atoms with Crippen LogP contribution in [0.3, 0.4) is 0 Å². The van der Waals surface area contributed by atoms with Crippen LogP contribution >= 0.6 is 0 Å². The van der Waals surface area contributed by atoms with Crippen molar-refractivity contribution >= 4 is 0 Å². The molecule has 0 heterocycles. The molecule has 1 fully saturated rings. The first-order chi connectivity index (χ1) is 9.56. The lowest BCUT2D eigenvalue weighted by Gasteiger charge is -2.29. The monoisotopic (exact) mass is 275 g/mol. The summed E-state index contributed by atoms with van der Waals surface area (Å²) in [4.78, 5) is 2.61. The average molecular weight is 275 g/mol. The highest BCUT2D eigenvalue weighted by atomic mass is 15.1. The molecular formula is C19H33N. The van der Waals surface area contributed by atoms with Crippen LogP contribution in [-0.2, 0) is 0 Å². The molecule has 0 aromatic heterocycles.